The summed E-state index contributed by atoms with van der Waals surface area (Å²) in [4.78, 5) is 1.06. The second kappa shape index (κ2) is 4.46. The van der Waals surface area contributed by atoms with Crippen LogP contribution < -0.4 is 5.73 Å². The molecule has 0 bridgehead atoms. The zero-order valence-electron chi connectivity index (χ0n) is 8.30. The molecule has 2 aromatic rings. The van der Waals surface area contributed by atoms with E-state index in [-0.39, 0.29) is 0 Å². The lowest BCUT2D eigenvalue weighted by atomic mass is 10.2. The smallest absolute Gasteiger partial charge is 0.281 e. The van der Waals surface area contributed by atoms with Crippen molar-refractivity contribution in [2.24, 2.45) is 5.73 Å². The van der Waals surface area contributed by atoms with Gasteiger partial charge in [-0.15, -0.1) is 10.2 Å². The molecule has 0 atom stereocenters. The van der Waals surface area contributed by atoms with Crippen molar-refractivity contribution in [1.29, 1.82) is 0 Å². The summed E-state index contributed by atoms with van der Waals surface area (Å²) in [5.41, 5.74) is 6.65. The van der Waals surface area contributed by atoms with Crippen molar-refractivity contribution < 1.29 is 4.42 Å². The molecule has 5 heteroatoms. The second-order valence-electron chi connectivity index (χ2n) is 3.04. The first-order chi connectivity index (χ1) is 7.28. The Balaban J connectivity index is 2.16. The van der Waals surface area contributed by atoms with E-state index in [4.69, 9.17) is 10.2 Å². The summed E-state index contributed by atoms with van der Waals surface area (Å²) in [6.45, 7) is 2.31. The predicted octanol–water partition coefficient (Wildman–Crippen LogP) is 1.99. The van der Waals surface area contributed by atoms with Gasteiger partial charge in [-0.25, -0.2) is 0 Å². The SMILES string of the molecule is Cc1nnc(Sc2cccc(CN)c2)o1. The van der Waals surface area contributed by atoms with Crippen molar-refractivity contribution >= 4 is 11.8 Å². The van der Waals surface area contributed by atoms with E-state index in [0.29, 0.717) is 17.7 Å². The van der Waals surface area contributed by atoms with Gasteiger partial charge < -0.3 is 10.2 Å². The van der Waals surface area contributed by atoms with E-state index in [0.717, 1.165) is 10.5 Å². The summed E-state index contributed by atoms with van der Waals surface area (Å²) in [5.74, 6) is 0.576. The Labute approximate surface area is 91.9 Å². The Morgan fingerprint density at radius 2 is 2.27 bits per heavy atom. The summed E-state index contributed by atoms with van der Waals surface area (Å²) in [5, 5.41) is 8.23. The van der Waals surface area contributed by atoms with Crippen molar-refractivity contribution in [3.8, 4) is 0 Å². The van der Waals surface area contributed by atoms with E-state index in [2.05, 4.69) is 10.2 Å². The lowest BCUT2D eigenvalue weighted by Gasteiger charge is -1.99. The molecule has 2 N–H and O–H groups in total. The molecule has 0 saturated carbocycles. The third kappa shape index (κ3) is 2.57. The largest absolute Gasteiger partial charge is 0.416 e. The standard InChI is InChI=1S/C10H11N3OS/c1-7-12-13-10(14-7)15-9-4-2-3-8(5-9)6-11/h2-5H,6,11H2,1H3. The number of nitrogens with two attached hydrogens (primary N) is 1. The Hall–Kier alpha value is -1.33. The highest BCUT2D eigenvalue weighted by atomic mass is 32.2. The predicted molar refractivity (Wildman–Crippen MR) is 57.5 cm³/mol. The van der Waals surface area contributed by atoms with Gasteiger partial charge in [-0.1, -0.05) is 12.1 Å². The van der Waals surface area contributed by atoms with E-state index in [1.807, 2.05) is 24.3 Å². The van der Waals surface area contributed by atoms with Crippen LogP contribution >= 0.6 is 11.8 Å². The average Bonchev–Trinajstić information content (AvgIpc) is 2.64. The van der Waals surface area contributed by atoms with Crippen LogP contribution in [-0.2, 0) is 6.54 Å². The highest BCUT2D eigenvalue weighted by Crippen LogP contribution is 2.26. The number of nitrogens with zero attached hydrogens (tertiary/aromatic N) is 2. The zero-order valence-corrected chi connectivity index (χ0v) is 9.12. The third-order valence-electron chi connectivity index (χ3n) is 1.85. The fraction of sp³-hybridized carbons (Fsp3) is 0.200. The van der Waals surface area contributed by atoms with Crippen LogP contribution in [0.5, 0.6) is 0 Å². The Morgan fingerprint density at radius 1 is 1.40 bits per heavy atom. The van der Waals surface area contributed by atoms with Gasteiger partial charge in [-0.2, -0.15) is 0 Å². The van der Waals surface area contributed by atoms with Crippen molar-refractivity contribution in [2.45, 2.75) is 23.6 Å². The minimum absolute atomic E-state index is 0.539. The van der Waals surface area contributed by atoms with E-state index in [1.54, 1.807) is 6.92 Å². The van der Waals surface area contributed by atoms with Crippen LogP contribution in [0, 0.1) is 6.92 Å². The molecule has 0 aliphatic rings. The van der Waals surface area contributed by atoms with E-state index < -0.39 is 0 Å². The Morgan fingerprint density at radius 3 is 2.93 bits per heavy atom. The fourth-order valence-corrected chi connectivity index (χ4v) is 1.96. The highest BCUT2D eigenvalue weighted by molar-refractivity contribution is 7.99. The van der Waals surface area contributed by atoms with E-state index in [9.17, 15) is 0 Å². The fourth-order valence-electron chi connectivity index (χ4n) is 1.16. The number of aromatic nitrogens is 2. The average molecular weight is 221 g/mol. The van der Waals surface area contributed by atoms with Crippen LogP contribution in [0.1, 0.15) is 11.5 Å². The van der Waals surface area contributed by atoms with Gasteiger partial charge in [0.15, 0.2) is 0 Å². The van der Waals surface area contributed by atoms with Crippen LogP contribution in [0.25, 0.3) is 0 Å². The minimum Gasteiger partial charge on any atom is -0.416 e. The number of aryl methyl sites for hydroxylation is 1. The molecule has 78 valence electrons. The summed E-state index contributed by atoms with van der Waals surface area (Å²) >= 11 is 1.44. The highest BCUT2D eigenvalue weighted by Gasteiger charge is 2.04. The molecule has 15 heavy (non-hydrogen) atoms. The molecule has 0 fully saturated rings. The van der Waals surface area contributed by atoms with Gasteiger partial charge in [0.25, 0.3) is 5.22 Å². The maximum absolute atomic E-state index is 5.56. The molecule has 1 aromatic carbocycles. The number of hydrogen-bond donors (Lipinski definition) is 1. The molecule has 0 aliphatic carbocycles. The van der Waals surface area contributed by atoms with Gasteiger partial charge in [-0.3, -0.25) is 0 Å². The first kappa shape index (κ1) is 10.2. The van der Waals surface area contributed by atoms with Crippen LogP contribution in [-0.4, -0.2) is 10.2 Å². The van der Waals surface area contributed by atoms with Gasteiger partial charge in [0.2, 0.25) is 5.89 Å². The van der Waals surface area contributed by atoms with Gasteiger partial charge in [0.05, 0.1) is 0 Å². The molecule has 0 saturated heterocycles. The maximum Gasteiger partial charge on any atom is 0.281 e. The molecule has 0 spiro atoms. The molecular weight excluding hydrogens is 210 g/mol. The molecule has 0 aliphatic heterocycles. The minimum atomic E-state index is 0.539. The molecule has 0 radical (unpaired) electrons. The Kier molecular flexibility index (Phi) is 3.03. The molecule has 1 aromatic heterocycles. The van der Waals surface area contributed by atoms with Crippen LogP contribution in [0.15, 0.2) is 38.8 Å². The molecular formula is C10H11N3OS. The monoisotopic (exact) mass is 221 g/mol. The molecule has 0 unspecified atom stereocenters. The normalized spacial score (nSPS) is 10.5. The first-order valence-corrected chi connectivity index (χ1v) is 5.36. The molecule has 2 rings (SSSR count). The summed E-state index contributed by atoms with van der Waals surface area (Å²) in [6, 6.07) is 7.96. The van der Waals surface area contributed by atoms with E-state index in [1.165, 1.54) is 11.8 Å². The maximum atomic E-state index is 5.56. The van der Waals surface area contributed by atoms with Gasteiger partial charge in [0, 0.05) is 18.4 Å². The van der Waals surface area contributed by atoms with Crippen molar-refractivity contribution in [1.82, 2.24) is 10.2 Å². The number of hydrogen-bond acceptors (Lipinski definition) is 5. The van der Waals surface area contributed by atoms with Crippen LogP contribution in [0.4, 0.5) is 0 Å². The number of rotatable bonds is 3. The summed E-state index contributed by atoms with van der Waals surface area (Å²) < 4.78 is 5.27. The topological polar surface area (TPSA) is 64.9 Å². The summed E-state index contributed by atoms with van der Waals surface area (Å²) in [7, 11) is 0. The third-order valence-corrected chi connectivity index (χ3v) is 2.68. The summed E-state index contributed by atoms with van der Waals surface area (Å²) in [6.07, 6.45) is 0. The van der Waals surface area contributed by atoms with Gasteiger partial charge in [-0.05, 0) is 29.5 Å². The van der Waals surface area contributed by atoms with Crippen molar-refractivity contribution in [3.05, 3.63) is 35.7 Å². The first-order valence-electron chi connectivity index (χ1n) is 4.55. The van der Waals surface area contributed by atoms with Crippen LogP contribution in [0.3, 0.4) is 0 Å². The Bertz CT molecular complexity index is 455. The van der Waals surface area contributed by atoms with Gasteiger partial charge in [0.1, 0.15) is 0 Å². The quantitative estimate of drug-likeness (QED) is 0.858. The second-order valence-corrected chi connectivity index (χ2v) is 4.07. The van der Waals surface area contributed by atoms with Crippen molar-refractivity contribution in [2.75, 3.05) is 0 Å². The van der Waals surface area contributed by atoms with Crippen molar-refractivity contribution in [3.63, 3.8) is 0 Å². The lowest BCUT2D eigenvalue weighted by Crippen LogP contribution is -1.95. The lowest BCUT2D eigenvalue weighted by molar-refractivity contribution is 0.429. The van der Waals surface area contributed by atoms with E-state index >= 15 is 0 Å². The van der Waals surface area contributed by atoms with Crippen LogP contribution in [0.2, 0.25) is 0 Å². The number of benzene rings is 1. The van der Waals surface area contributed by atoms with Gasteiger partial charge >= 0.3 is 0 Å². The molecule has 0 amide bonds. The molecule has 4 nitrogen and oxygen atoms in total. The molecule has 1 heterocycles. The zero-order chi connectivity index (χ0) is 10.7.